The van der Waals surface area contributed by atoms with Gasteiger partial charge in [0.1, 0.15) is 0 Å². The van der Waals surface area contributed by atoms with E-state index in [1.807, 2.05) is 14.1 Å². The van der Waals surface area contributed by atoms with Crippen LogP contribution in [-0.2, 0) is 20.0 Å². The van der Waals surface area contributed by atoms with Gasteiger partial charge in [-0.1, -0.05) is 23.0 Å². The number of benzene rings is 2. The third-order valence-electron chi connectivity index (χ3n) is 5.67. The summed E-state index contributed by atoms with van der Waals surface area (Å²) in [5.41, 5.74) is 8.01. The molecule has 27 heavy (non-hydrogen) atoms. The molecule has 4 aromatic rings. The van der Waals surface area contributed by atoms with E-state index in [0.29, 0.717) is 0 Å². The van der Waals surface area contributed by atoms with Crippen molar-refractivity contribution in [2.75, 3.05) is 30.4 Å². The first kappa shape index (κ1) is 16.6. The van der Waals surface area contributed by atoms with Gasteiger partial charge in [0.2, 0.25) is 0 Å². The molecule has 0 aliphatic carbocycles. The van der Waals surface area contributed by atoms with Gasteiger partial charge < -0.3 is 14.4 Å². The highest BCUT2D eigenvalue weighted by Gasteiger charge is 2.23. The molecule has 1 aliphatic rings. The molecular formula is C22H24N4S. The summed E-state index contributed by atoms with van der Waals surface area (Å²) in [4.78, 5) is 9.35. The van der Waals surface area contributed by atoms with Crippen molar-refractivity contribution in [1.82, 2.24) is 9.55 Å². The number of thiazole rings is 1. The maximum Gasteiger partial charge on any atom is 0.185 e. The van der Waals surface area contributed by atoms with E-state index in [4.69, 9.17) is 4.98 Å². The minimum absolute atomic E-state index is 0.954. The van der Waals surface area contributed by atoms with Crippen molar-refractivity contribution in [2.24, 2.45) is 7.05 Å². The Hall–Kier alpha value is -2.53. The molecule has 0 atom stereocenters. The highest BCUT2D eigenvalue weighted by Crippen LogP contribution is 2.35. The Bertz CT molecular complexity index is 1170. The summed E-state index contributed by atoms with van der Waals surface area (Å²) in [5.74, 6) is 0. The van der Waals surface area contributed by atoms with Crippen LogP contribution in [0.4, 0.5) is 10.8 Å². The number of fused-ring (bicyclic) bond motifs is 4. The number of hydrogen-bond donors (Lipinski definition) is 0. The molecule has 5 heteroatoms. The molecule has 1 aliphatic heterocycles. The van der Waals surface area contributed by atoms with Crippen LogP contribution in [0, 0.1) is 6.92 Å². The van der Waals surface area contributed by atoms with Crippen molar-refractivity contribution in [3.63, 3.8) is 0 Å². The van der Waals surface area contributed by atoms with Crippen molar-refractivity contribution in [3.05, 3.63) is 53.2 Å². The van der Waals surface area contributed by atoms with Crippen LogP contribution in [0.25, 0.3) is 21.1 Å². The Morgan fingerprint density at radius 3 is 2.78 bits per heavy atom. The van der Waals surface area contributed by atoms with Gasteiger partial charge in [0.05, 0.1) is 16.8 Å². The van der Waals surface area contributed by atoms with Crippen molar-refractivity contribution in [1.29, 1.82) is 0 Å². The number of hydrogen-bond acceptors (Lipinski definition) is 4. The predicted molar refractivity (Wildman–Crippen MR) is 116 cm³/mol. The monoisotopic (exact) mass is 376 g/mol. The van der Waals surface area contributed by atoms with Crippen molar-refractivity contribution in [3.8, 4) is 0 Å². The average molecular weight is 377 g/mol. The van der Waals surface area contributed by atoms with E-state index in [2.05, 4.69) is 64.7 Å². The summed E-state index contributed by atoms with van der Waals surface area (Å²) < 4.78 is 3.63. The lowest BCUT2D eigenvalue weighted by Gasteiger charge is -2.30. The summed E-state index contributed by atoms with van der Waals surface area (Å²) in [6, 6.07) is 13.5. The fourth-order valence-corrected chi connectivity index (χ4v) is 5.05. The van der Waals surface area contributed by atoms with Gasteiger partial charge in [-0.3, -0.25) is 0 Å². The number of aromatic nitrogens is 2. The fourth-order valence-electron chi connectivity index (χ4n) is 4.19. The minimum atomic E-state index is 0.954. The molecule has 138 valence electrons. The van der Waals surface area contributed by atoms with Gasteiger partial charge in [0.15, 0.2) is 5.13 Å². The molecule has 0 saturated carbocycles. The second kappa shape index (κ2) is 5.99. The molecule has 4 nitrogen and oxygen atoms in total. The second-order valence-electron chi connectivity index (χ2n) is 7.72. The molecule has 5 rings (SSSR count). The first-order chi connectivity index (χ1) is 13.0. The standard InChI is InChI=1S/C22H24N4S/c1-14-5-7-19-17(11-14)16-9-10-26(13-20(16)25(19)4)15-6-8-21-18(12-15)23-22(27-21)24(2)3/h5-8,11-12H,9-10,13H2,1-4H3. The third kappa shape index (κ3) is 2.60. The van der Waals surface area contributed by atoms with Crippen LogP contribution in [0.15, 0.2) is 36.4 Å². The van der Waals surface area contributed by atoms with Crippen LogP contribution in [0.2, 0.25) is 0 Å². The Kier molecular flexibility index (Phi) is 3.69. The molecule has 0 saturated heterocycles. The molecular weight excluding hydrogens is 352 g/mol. The molecule has 2 aromatic heterocycles. The number of rotatable bonds is 2. The van der Waals surface area contributed by atoms with Crippen molar-refractivity contribution < 1.29 is 0 Å². The number of anilines is 2. The van der Waals surface area contributed by atoms with Crippen molar-refractivity contribution >= 4 is 43.3 Å². The molecule has 2 aromatic carbocycles. The Balaban J connectivity index is 1.53. The van der Waals surface area contributed by atoms with Gasteiger partial charge >= 0.3 is 0 Å². The average Bonchev–Trinajstić information content (AvgIpc) is 3.21. The lowest BCUT2D eigenvalue weighted by Crippen LogP contribution is -2.31. The molecule has 0 unspecified atom stereocenters. The first-order valence-corrected chi connectivity index (χ1v) is 10.2. The Morgan fingerprint density at radius 2 is 1.96 bits per heavy atom. The zero-order chi connectivity index (χ0) is 18.7. The third-order valence-corrected chi connectivity index (χ3v) is 6.88. The van der Waals surface area contributed by atoms with Gasteiger partial charge in [-0.15, -0.1) is 0 Å². The van der Waals surface area contributed by atoms with E-state index in [0.717, 1.165) is 30.2 Å². The van der Waals surface area contributed by atoms with Gasteiger partial charge in [0, 0.05) is 50.0 Å². The van der Waals surface area contributed by atoms with Gasteiger partial charge in [-0.2, -0.15) is 0 Å². The molecule has 0 fully saturated rings. The molecule has 0 bridgehead atoms. The lowest BCUT2D eigenvalue weighted by atomic mass is 10.0. The highest BCUT2D eigenvalue weighted by atomic mass is 32.1. The van der Waals surface area contributed by atoms with Crippen LogP contribution >= 0.6 is 11.3 Å². The molecule has 3 heterocycles. The summed E-state index contributed by atoms with van der Waals surface area (Å²) >= 11 is 1.75. The van der Waals surface area contributed by atoms with Gasteiger partial charge in [0.25, 0.3) is 0 Å². The SMILES string of the molecule is Cc1ccc2c(c1)c1c(n2C)CN(c2ccc3sc(N(C)C)nc3c2)CC1. The largest absolute Gasteiger partial charge is 0.365 e. The molecule has 0 N–H and O–H groups in total. The van der Waals surface area contributed by atoms with E-state index in [9.17, 15) is 0 Å². The molecule has 0 spiro atoms. The van der Waals surface area contributed by atoms with Gasteiger partial charge in [-0.25, -0.2) is 4.98 Å². The summed E-state index contributed by atoms with van der Waals surface area (Å²) in [7, 11) is 6.30. The van der Waals surface area contributed by atoms with Crippen LogP contribution in [0.3, 0.4) is 0 Å². The summed E-state index contributed by atoms with van der Waals surface area (Å²) in [5, 5.41) is 2.49. The number of aryl methyl sites for hydroxylation is 2. The van der Waals surface area contributed by atoms with E-state index in [1.165, 1.54) is 38.1 Å². The molecule has 0 radical (unpaired) electrons. The zero-order valence-electron chi connectivity index (χ0n) is 16.3. The quantitative estimate of drug-likeness (QED) is 0.506. The van der Waals surface area contributed by atoms with Crippen LogP contribution in [0.5, 0.6) is 0 Å². The number of nitrogens with zero attached hydrogens (tertiary/aromatic N) is 4. The van der Waals surface area contributed by atoms with E-state index in [1.54, 1.807) is 11.3 Å². The minimum Gasteiger partial charge on any atom is -0.365 e. The maximum absolute atomic E-state index is 4.79. The van der Waals surface area contributed by atoms with E-state index in [-0.39, 0.29) is 0 Å². The second-order valence-corrected chi connectivity index (χ2v) is 8.73. The smallest absolute Gasteiger partial charge is 0.185 e. The Morgan fingerprint density at radius 1 is 1.11 bits per heavy atom. The normalized spacial score (nSPS) is 14.1. The van der Waals surface area contributed by atoms with Crippen LogP contribution in [0.1, 0.15) is 16.8 Å². The predicted octanol–water partition coefficient (Wildman–Crippen LogP) is 4.73. The van der Waals surface area contributed by atoms with Gasteiger partial charge in [-0.05, 0) is 49.2 Å². The van der Waals surface area contributed by atoms with E-state index < -0.39 is 0 Å². The van der Waals surface area contributed by atoms with Crippen LogP contribution < -0.4 is 9.80 Å². The lowest BCUT2D eigenvalue weighted by molar-refractivity contribution is 0.690. The maximum atomic E-state index is 4.79. The Labute approximate surface area is 163 Å². The van der Waals surface area contributed by atoms with Crippen LogP contribution in [-0.4, -0.2) is 30.2 Å². The topological polar surface area (TPSA) is 24.3 Å². The first-order valence-electron chi connectivity index (χ1n) is 9.41. The fraction of sp³-hybridized carbons (Fsp3) is 0.318. The zero-order valence-corrected chi connectivity index (χ0v) is 17.1. The summed E-state index contributed by atoms with van der Waals surface area (Å²) in [6.07, 6.45) is 1.09. The highest BCUT2D eigenvalue weighted by molar-refractivity contribution is 7.22. The van der Waals surface area contributed by atoms with Crippen molar-refractivity contribution in [2.45, 2.75) is 19.9 Å². The van der Waals surface area contributed by atoms with E-state index >= 15 is 0 Å². The summed E-state index contributed by atoms with van der Waals surface area (Å²) in [6.45, 7) is 4.19. The molecule has 0 amide bonds.